The Balaban J connectivity index is 2.19. The van der Waals surface area contributed by atoms with E-state index in [-0.39, 0.29) is 5.91 Å². The highest BCUT2D eigenvalue weighted by Gasteiger charge is 2.31. The molecule has 2 aromatic rings. The zero-order valence-corrected chi connectivity index (χ0v) is 10.8. The van der Waals surface area contributed by atoms with Crippen LogP contribution in [0.2, 0.25) is 0 Å². The monoisotopic (exact) mass is 252 g/mol. The first kappa shape index (κ1) is 11.9. The summed E-state index contributed by atoms with van der Waals surface area (Å²) in [5.41, 5.74) is 10.0. The molecule has 3 heteroatoms. The molecule has 19 heavy (non-hydrogen) atoms. The molecule has 0 fully saturated rings. The van der Waals surface area contributed by atoms with Gasteiger partial charge in [0.05, 0.1) is 17.4 Å². The zero-order valence-electron chi connectivity index (χ0n) is 10.8. The normalized spacial score (nSPS) is 18.3. The van der Waals surface area contributed by atoms with Gasteiger partial charge in [0.1, 0.15) is 0 Å². The number of nitrogens with zero attached hydrogens (tertiary/aromatic N) is 1. The van der Waals surface area contributed by atoms with E-state index in [0.29, 0.717) is 6.42 Å². The molecular formula is C16H16N2O. The lowest BCUT2D eigenvalue weighted by molar-refractivity contribution is -0.119. The van der Waals surface area contributed by atoms with Crippen molar-refractivity contribution in [2.75, 3.05) is 4.90 Å². The maximum Gasteiger partial charge on any atom is 0.248 e. The Kier molecular flexibility index (Phi) is 2.84. The minimum absolute atomic E-state index is 0.0343. The van der Waals surface area contributed by atoms with E-state index in [0.717, 1.165) is 22.5 Å². The van der Waals surface area contributed by atoms with Crippen LogP contribution < -0.4 is 10.6 Å². The Hall–Kier alpha value is -2.13. The molecule has 1 aliphatic rings. The maximum absolute atomic E-state index is 12.4. The number of para-hydroxylation sites is 2. The van der Waals surface area contributed by atoms with Gasteiger partial charge in [-0.2, -0.15) is 0 Å². The summed E-state index contributed by atoms with van der Waals surface area (Å²) in [4.78, 5) is 14.2. The lowest BCUT2D eigenvalue weighted by atomic mass is 9.96. The average Bonchev–Trinajstić information content (AvgIpc) is 2.42. The number of hydrogen-bond donors (Lipinski definition) is 1. The van der Waals surface area contributed by atoms with Crippen molar-refractivity contribution in [1.29, 1.82) is 0 Å². The van der Waals surface area contributed by atoms with Gasteiger partial charge in [0.2, 0.25) is 5.91 Å². The fraction of sp³-hybridized carbons (Fsp3) is 0.188. The lowest BCUT2D eigenvalue weighted by Gasteiger charge is -2.33. The maximum atomic E-state index is 12.4. The topological polar surface area (TPSA) is 46.3 Å². The number of fused-ring (bicyclic) bond motifs is 1. The van der Waals surface area contributed by atoms with Gasteiger partial charge in [-0.3, -0.25) is 9.69 Å². The summed E-state index contributed by atoms with van der Waals surface area (Å²) in [5.74, 6) is -0.0343. The van der Waals surface area contributed by atoms with E-state index in [4.69, 9.17) is 5.73 Å². The van der Waals surface area contributed by atoms with E-state index < -0.39 is 6.04 Å². The molecule has 96 valence electrons. The molecule has 0 saturated heterocycles. The van der Waals surface area contributed by atoms with Gasteiger partial charge in [-0.25, -0.2) is 0 Å². The first-order chi connectivity index (χ1) is 9.18. The predicted octanol–water partition coefficient (Wildman–Crippen LogP) is 2.54. The van der Waals surface area contributed by atoms with Crippen LogP contribution in [-0.2, 0) is 11.2 Å². The van der Waals surface area contributed by atoms with E-state index >= 15 is 0 Å². The van der Waals surface area contributed by atoms with E-state index in [2.05, 4.69) is 0 Å². The predicted molar refractivity (Wildman–Crippen MR) is 76.4 cm³/mol. The van der Waals surface area contributed by atoms with Crippen molar-refractivity contribution in [3.63, 3.8) is 0 Å². The van der Waals surface area contributed by atoms with Crippen molar-refractivity contribution < 1.29 is 4.79 Å². The van der Waals surface area contributed by atoms with Crippen molar-refractivity contribution in [1.82, 2.24) is 0 Å². The van der Waals surface area contributed by atoms with Crippen LogP contribution in [0.4, 0.5) is 11.4 Å². The van der Waals surface area contributed by atoms with Crippen LogP contribution in [0.25, 0.3) is 0 Å². The molecule has 2 aromatic carbocycles. The number of anilines is 2. The second-order valence-corrected chi connectivity index (χ2v) is 4.90. The molecule has 0 radical (unpaired) electrons. The summed E-state index contributed by atoms with van der Waals surface area (Å²) in [6, 6.07) is 15.4. The molecule has 0 saturated carbocycles. The standard InChI is InChI=1S/C16H16N2O/c1-11-6-2-4-8-14(11)18-15-9-5-3-7-12(15)10-13(17)16(18)19/h2-9,13H,10,17H2,1H3. The highest BCUT2D eigenvalue weighted by Crippen LogP contribution is 2.35. The second kappa shape index (κ2) is 4.52. The summed E-state index contributed by atoms with van der Waals surface area (Å²) >= 11 is 0. The number of nitrogens with two attached hydrogens (primary N) is 1. The highest BCUT2D eigenvalue weighted by atomic mass is 16.2. The molecule has 1 unspecified atom stereocenters. The molecule has 1 amide bonds. The molecule has 3 nitrogen and oxygen atoms in total. The molecule has 0 aliphatic carbocycles. The number of hydrogen-bond acceptors (Lipinski definition) is 2. The quantitative estimate of drug-likeness (QED) is 0.847. The third-order valence-electron chi connectivity index (χ3n) is 3.57. The summed E-state index contributed by atoms with van der Waals surface area (Å²) < 4.78 is 0. The van der Waals surface area contributed by atoms with Crippen LogP contribution in [0, 0.1) is 6.92 Å². The Bertz CT molecular complexity index is 636. The van der Waals surface area contributed by atoms with Crippen LogP contribution in [0.5, 0.6) is 0 Å². The SMILES string of the molecule is Cc1ccccc1N1C(=O)C(N)Cc2ccccc21. The van der Waals surface area contributed by atoms with Gasteiger partial charge in [0.15, 0.2) is 0 Å². The number of aryl methyl sites for hydroxylation is 1. The van der Waals surface area contributed by atoms with Gasteiger partial charge in [0.25, 0.3) is 0 Å². The van der Waals surface area contributed by atoms with Gasteiger partial charge >= 0.3 is 0 Å². The Morgan fingerprint density at radius 3 is 2.42 bits per heavy atom. The first-order valence-corrected chi connectivity index (χ1v) is 6.41. The fourth-order valence-corrected chi connectivity index (χ4v) is 2.57. The molecule has 0 aromatic heterocycles. The number of rotatable bonds is 1. The number of carbonyl (C=O) groups is 1. The summed E-state index contributed by atoms with van der Waals surface area (Å²) in [6.45, 7) is 2.01. The van der Waals surface area contributed by atoms with Crippen molar-refractivity contribution in [3.8, 4) is 0 Å². The van der Waals surface area contributed by atoms with E-state index in [1.165, 1.54) is 0 Å². The van der Waals surface area contributed by atoms with E-state index in [1.54, 1.807) is 4.90 Å². The van der Waals surface area contributed by atoms with Crippen LogP contribution >= 0.6 is 0 Å². The summed E-state index contributed by atoms with van der Waals surface area (Å²) in [7, 11) is 0. The Morgan fingerprint density at radius 2 is 1.68 bits per heavy atom. The van der Waals surface area contributed by atoms with Gasteiger partial charge in [-0.1, -0.05) is 36.4 Å². The third kappa shape index (κ3) is 1.92. The third-order valence-corrected chi connectivity index (χ3v) is 3.57. The Labute approximate surface area is 112 Å². The van der Waals surface area contributed by atoms with Crippen LogP contribution in [0.1, 0.15) is 11.1 Å². The van der Waals surface area contributed by atoms with E-state index in [1.807, 2.05) is 55.5 Å². The van der Waals surface area contributed by atoms with Crippen LogP contribution in [0.3, 0.4) is 0 Å². The number of benzene rings is 2. The van der Waals surface area contributed by atoms with Crippen LogP contribution in [-0.4, -0.2) is 11.9 Å². The van der Waals surface area contributed by atoms with Crippen LogP contribution in [0.15, 0.2) is 48.5 Å². The molecular weight excluding hydrogens is 236 g/mol. The number of carbonyl (C=O) groups excluding carboxylic acids is 1. The van der Waals surface area contributed by atoms with Gasteiger partial charge in [0, 0.05) is 0 Å². The second-order valence-electron chi connectivity index (χ2n) is 4.90. The van der Waals surface area contributed by atoms with E-state index in [9.17, 15) is 4.79 Å². The molecule has 1 atom stereocenters. The van der Waals surface area contributed by atoms with Crippen molar-refractivity contribution in [3.05, 3.63) is 59.7 Å². The first-order valence-electron chi connectivity index (χ1n) is 6.41. The minimum Gasteiger partial charge on any atom is -0.320 e. The lowest BCUT2D eigenvalue weighted by Crippen LogP contribution is -2.46. The zero-order chi connectivity index (χ0) is 13.4. The molecule has 1 aliphatic heterocycles. The van der Waals surface area contributed by atoms with Crippen molar-refractivity contribution >= 4 is 17.3 Å². The largest absolute Gasteiger partial charge is 0.320 e. The minimum atomic E-state index is -0.463. The molecule has 3 rings (SSSR count). The summed E-state index contributed by atoms with van der Waals surface area (Å²) in [6.07, 6.45) is 0.609. The smallest absolute Gasteiger partial charge is 0.248 e. The van der Waals surface area contributed by atoms with Gasteiger partial charge < -0.3 is 5.73 Å². The molecule has 0 bridgehead atoms. The van der Waals surface area contributed by atoms with Crippen molar-refractivity contribution in [2.24, 2.45) is 5.73 Å². The van der Waals surface area contributed by atoms with Crippen molar-refractivity contribution in [2.45, 2.75) is 19.4 Å². The number of amides is 1. The molecule has 2 N–H and O–H groups in total. The molecule has 1 heterocycles. The fourth-order valence-electron chi connectivity index (χ4n) is 2.57. The summed E-state index contributed by atoms with van der Waals surface area (Å²) in [5, 5.41) is 0. The van der Waals surface area contributed by atoms with Gasteiger partial charge in [-0.05, 0) is 36.6 Å². The average molecular weight is 252 g/mol. The van der Waals surface area contributed by atoms with Gasteiger partial charge in [-0.15, -0.1) is 0 Å². The molecule has 0 spiro atoms. The Morgan fingerprint density at radius 1 is 1.05 bits per heavy atom. The highest BCUT2D eigenvalue weighted by molar-refractivity contribution is 6.06.